The Morgan fingerprint density at radius 3 is 2.64 bits per heavy atom. The van der Waals surface area contributed by atoms with Gasteiger partial charge < -0.3 is 4.52 Å². The zero-order chi connectivity index (χ0) is 7.84. The van der Waals surface area contributed by atoms with Crippen molar-refractivity contribution in [1.82, 2.24) is 5.16 Å². The number of fused-ring (bicyclic) bond motifs is 1. The van der Waals surface area contributed by atoms with Crippen LogP contribution in [0.25, 0.3) is 11.0 Å². The first-order chi connectivity index (χ1) is 5.29. The van der Waals surface area contributed by atoms with E-state index in [0.717, 1.165) is 19.9 Å². The lowest BCUT2D eigenvalue weighted by Crippen LogP contribution is -1.68. The smallest absolute Gasteiger partial charge is 0.182 e. The maximum atomic E-state index is 5.00. The van der Waals surface area contributed by atoms with Crippen LogP contribution in [-0.4, -0.2) is 5.16 Å². The van der Waals surface area contributed by atoms with Crippen molar-refractivity contribution in [2.75, 3.05) is 0 Å². The molecule has 56 valence electrons. The lowest BCUT2D eigenvalue weighted by molar-refractivity contribution is 0.455. The second-order valence-corrected chi connectivity index (χ2v) is 3.81. The molecule has 0 radical (unpaired) electrons. The summed E-state index contributed by atoms with van der Waals surface area (Å²) < 4.78 is 6.92. The van der Waals surface area contributed by atoms with Crippen LogP contribution in [0.5, 0.6) is 0 Å². The van der Waals surface area contributed by atoms with E-state index in [1.165, 1.54) is 0 Å². The Kier molecular flexibility index (Phi) is 1.73. The first-order valence-electron chi connectivity index (χ1n) is 2.97. The Hall–Kier alpha value is -0.350. The molecule has 4 heteroatoms. The van der Waals surface area contributed by atoms with Gasteiger partial charge in [-0.25, -0.2) is 0 Å². The van der Waals surface area contributed by atoms with E-state index >= 15 is 0 Å². The summed E-state index contributed by atoms with van der Waals surface area (Å²) in [4.78, 5) is 0. The highest BCUT2D eigenvalue weighted by Gasteiger charge is 2.05. The van der Waals surface area contributed by atoms with Crippen LogP contribution in [-0.2, 0) is 0 Å². The van der Waals surface area contributed by atoms with E-state index < -0.39 is 0 Å². The van der Waals surface area contributed by atoms with E-state index in [4.69, 9.17) is 4.52 Å². The Labute approximate surface area is 79.8 Å². The number of aromatic nitrogens is 1. The van der Waals surface area contributed by atoms with Gasteiger partial charge >= 0.3 is 0 Å². The van der Waals surface area contributed by atoms with Gasteiger partial charge in [-0.1, -0.05) is 5.16 Å². The van der Waals surface area contributed by atoms with Crippen LogP contribution in [0.4, 0.5) is 0 Å². The lowest BCUT2D eigenvalue weighted by Gasteiger charge is -1.92. The number of halogens is 2. The van der Waals surface area contributed by atoms with Crippen molar-refractivity contribution in [3.63, 3.8) is 0 Å². The van der Waals surface area contributed by atoms with E-state index in [9.17, 15) is 0 Å². The Morgan fingerprint density at radius 2 is 1.91 bits per heavy atom. The van der Waals surface area contributed by atoms with E-state index in [0.29, 0.717) is 0 Å². The summed E-state index contributed by atoms with van der Waals surface area (Å²) in [6.45, 7) is 0. The topological polar surface area (TPSA) is 26.0 Å². The molecule has 0 saturated carbocycles. The lowest BCUT2D eigenvalue weighted by atomic mass is 10.3. The maximum Gasteiger partial charge on any atom is 0.182 e. The van der Waals surface area contributed by atoms with Gasteiger partial charge in [0.1, 0.15) is 0 Å². The van der Waals surface area contributed by atoms with Gasteiger partial charge in [0.15, 0.2) is 5.58 Å². The summed E-state index contributed by atoms with van der Waals surface area (Å²) in [6, 6.07) is 3.86. The molecule has 0 aliphatic carbocycles. The van der Waals surface area contributed by atoms with Crippen LogP contribution in [0.15, 0.2) is 31.8 Å². The standard InChI is InChI=1S/C7H3Br2NO/c8-5-1-2-6(9)7-4(5)3-10-11-7/h1-3H. The molecule has 1 aromatic carbocycles. The molecule has 11 heavy (non-hydrogen) atoms. The first kappa shape index (κ1) is 7.31. The van der Waals surface area contributed by atoms with Crippen molar-refractivity contribution in [2.45, 2.75) is 0 Å². The molecular formula is C7H3Br2NO. The van der Waals surface area contributed by atoms with Crippen molar-refractivity contribution < 1.29 is 4.52 Å². The second-order valence-electron chi connectivity index (χ2n) is 2.10. The highest BCUT2D eigenvalue weighted by molar-refractivity contribution is 9.11. The third-order valence-electron chi connectivity index (χ3n) is 1.42. The van der Waals surface area contributed by atoms with Crippen LogP contribution in [0.2, 0.25) is 0 Å². The van der Waals surface area contributed by atoms with Crippen molar-refractivity contribution >= 4 is 42.8 Å². The minimum Gasteiger partial charge on any atom is -0.355 e. The number of rotatable bonds is 0. The molecule has 0 atom stereocenters. The van der Waals surface area contributed by atoms with E-state index in [2.05, 4.69) is 37.0 Å². The number of hydrogen-bond donors (Lipinski definition) is 0. The largest absolute Gasteiger partial charge is 0.355 e. The molecule has 1 aromatic heterocycles. The van der Waals surface area contributed by atoms with Crippen LogP contribution in [0, 0.1) is 0 Å². The fourth-order valence-electron chi connectivity index (χ4n) is 0.894. The molecule has 2 nitrogen and oxygen atoms in total. The summed E-state index contributed by atoms with van der Waals surface area (Å²) in [5.74, 6) is 0. The van der Waals surface area contributed by atoms with Gasteiger partial charge in [-0.05, 0) is 44.0 Å². The molecular weight excluding hydrogens is 274 g/mol. The van der Waals surface area contributed by atoms with Gasteiger partial charge in [-0.3, -0.25) is 0 Å². The summed E-state index contributed by atoms with van der Waals surface area (Å²) in [7, 11) is 0. The fourth-order valence-corrected chi connectivity index (χ4v) is 1.73. The van der Waals surface area contributed by atoms with Crippen molar-refractivity contribution in [3.8, 4) is 0 Å². The average molecular weight is 277 g/mol. The molecule has 0 bridgehead atoms. The molecule has 0 amide bonds. The molecule has 1 heterocycles. The third-order valence-corrected chi connectivity index (χ3v) is 2.74. The van der Waals surface area contributed by atoms with Crippen LogP contribution < -0.4 is 0 Å². The molecule has 2 rings (SSSR count). The highest BCUT2D eigenvalue weighted by atomic mass is 79.9. The van der Waals surface area contributed by atoms with Crippen molar-refractivity contribution in [3.05, 3.63) is 27.3 Å². The molecule has 0 spiro atoms. The first-order valence-corrected chi connectivity index (χ1v) is 4.56. The summed E-state index contributed by atoms with van der Waals surface area (Å²) in [5.41, 5.74) is 0.777. The molecule has 0 fully saturated rings. The van der Waals surface area contributed by atoms with E-state index in [-0.39, 0.29) is 0 Å². The number of hydrogen-bond acceptors (Lipinski definition) is 2. The van der Waals surface area contributed by atoms with Gasteiger partial charge in [0, 0.05) is 4.47 Å². The summed E-state index contributed by atoms with van der Waals surface area (Å²) in [5, 5.41) is 4.67. The van der Waals surface area contributed by atoms with E-state index in [1.54, 1.807) is 6.20 Å². The van der Waals surface area contributed by atoms with Gasteiger partial charge in [0.25, 0.3) is 0 Å². The predicted molar refractivity (Wildman–Crippen MR) is 49.4 cm³/mol. The van der Waals surface area contributed by atoms with Gasteiger partial charge in [-0.15, -0.1) is 0 Å². The summed E-state index contributed by atoms with van der Waals surface area (Å²) in [6.07, 6.45) is 1.68. The zero-order valence-electron chi connectivity index (χ0n) is 5.34. The molecule has 2 aromatic rings. The zero-order valence-corrected chi connectivity index (χ0v) is 8.52. The second kappa shape index (κ2) is 2.60. The van der Waals surface area contributed by atoms with Crippen LogP contribution in [0.1, 0.15) is 0 Å². The van der Waals surface area contributed by atoms with Crippen molar-refractivity contribution in [2.24, 2.45) is 0 Å². The Morgan fingerprint density at radius 1 is 1.18 bits per heavy atom. The van der Waals surface area contributed by atoms with Gasteiger partial charge in [0.2, 0.25) is 0 Å². The SMILES string of the molecule is Brc1ccc(Br)c2oncc12. The van der Waals surface area contributed by atoms with Crippen LogP contribution >= 0.6 is 31.9 Å². The van der Waals surface area contributed by atoms with Gasteiger partial charge in [-0.2, -0.15) is 0 Å². The third kappa shape index (κ3) is 1.10. The average Bonchev–Trinajstić information content (AvgIpc) is 2.45. The Balaban J connectivity index is 2.96. The van der Waals surface area contributed by atoms with Crippen molar-refractivity contribution in [1.29, 1.82) is 0 Å². The summed E-state index contributed by atoms with van der Waals surface area (Å²) >= 11 is 6.74. The quantitative estimate of drug-likeness (QED) is 0.738. The Bertz CT molecular complexity index is 360. The minimum absolute atomic E-state index is 0.777. The molecule has 0 unspecified atom stereocenters. The fraction of sp³-hybridized carbons (Fsp3) is 0. The molecule has 0 aliphatic rings. The molecule has 0 aliphatic heterocycles. The maximum absolute atomic E-state index is 5.00. The predicted octanol–water partition coefficient (Wildman–Crippen LogP) is 3.35. The monoisotopic (exact) mass is 275 g/mol. The van der Waals surface area contributed by atoms with Gasteiger partial charge in [0.05, 0.1) is 16.1 Å². The normalized spacial score (nSPS) is 10.7. The number of nitrogens with zero attached hydrogens (tertiary/aromatic N) is 1. The minimum atomic E-state index is 0.777. The highest BCUT2D eigenvalue weighted by Crippen LogP contribution is 2.29. The van der Waals surface area contributed by atoms with Crippen LogP contribution in [0.3, 0.4) is 0 Å². The molecule has 0 N–H and O–H groups in total. The molecule has 0 saturated heterocycles. The van der Waals surface area contributed by atoms with E-state index in [1.807, 2.05) is 12.1 Å². The number of benzene rings is 1.